The minimum atomic E-state index is -3.41. The zero-order valence-electron chi connectivity index (χ0n) is 6.62. The molecule has 1 atom stereocenters. The summed E-state index contributed by atoms with van der Waals surface area (Å²) in [5.41, 5.74) is 0. The van der Waals surface area contributed by atoms with Gasteiger partial charge < -0.3 is 5.32 Å². The van der Waals surface area contributed by atoms with Gasteiger partial charge in [0.15, 0.2) is 0 Å². The van der Waals surface area contributed by atoms with Crippen molar-refractivity contribution in [3.63, 3.8) is 0 Å². The van der Waals surface area contributed by atoms with E-state index in [-0.39, 0.29) is 0 Å². The molecule has 0 rings (SSSR count). The Morgan fingerprint density at radius 2 is 2.09 bits per heavy atom. The van der Waals surface area contributed by atoms with Crippen LogP contribution in [0.1, 0.15) is 6.92 Å². The standard InChI is InChI=1S/C5H11NO3S2/c1-4(5(10)6-2)9-11(3,7)8/h4H,1-3H3,(H,6,10). The van der Waals surface area contributed by atoms with Crippen molar-refractivity contribution in [2.24, 2.45) is 0 Å². The normalized spacial score (nSPS) is 14.1. The molecular formula is C5H11NO3S2. The van der Waals surface area contributed by atoms with Crippen LogP contribution >= 0.6 is 12.2 Å². The molecule has 0 amide bonds. The third-order valence-corrected chi connectivity index (χ3v) is 2.11. The molecule has 6 heteroatoms. The molecule has 0 aliphatic rings. The summed E-state index contributed by atoms with van der Waals surface area (Å²) in [5, 5.41) is 2.63. The third-order valence-electron chi connectivity index (χ3n) is 0.935. The van der Waals surface area contributed by atoms with Crippen LogP contribution in [0.2, 0.25) is 0 Å². The molecule has 0 aromatic heterocycles. The Labute approximate surface area is 72.1 Å². The monoisotopic (exact) mass is 197 g/mol. The molecule has 66 valence electrons. The van der Waals surface area contributed by atoms with Gasteiger partial charge in [0, 0.05) is 7.05 Å². The fourth-order valence-corrected chi connectivity index (χ4v) is 1.24. The van der Waals surface area contributed by atoms with E-state index in [1.54, 1.807) is 14.0 Å². The van der Waals surface area contributed by atoms with Crippen LogP contribution in [0.5, 0.6) is 0 Å². The summed E-state index contributed by atoms with van der Waals surface area (Å²) in [6, 6.07) is 0. The van der Waals surface area contributed by atoms with Gasteiger partial charge in [-0.15, -0.1) is 0 Å². The second-order valence-electron chi connectivity index (χ2n) is 2.06. The maximum Gasteiger partial charge on any atom is 0.265 e. The van der Waals surface area contributed by atoms with Gasteiger partial charge in [0.1, 0.15) is 11.1 Å². The van der Waals surface area contributed by atoms with E-state index in [0.29, 0.717) is 4.99 Å². The summed E-state index contributed by atoms with van der Waals surface area (Å²) in [5.74, 6) is 0. The van der Waals surface area contributed by atoms with Crippen molar-refractivity contribution < 1.29 is 12.6 Å². The van der Waals surface area contributed by atoms with Gasteiger partial charge in [-0.3, -0.25) is 4.18 Å². The van der Waals surface area contributed by atoms with Crippen molar-refractivity contribution in [1.82, 2.24) is 5.32 Å². The topological polar surface area (TPSA) is 55.4 Å². The van der Waals surface area contributed by atoms with Gasteiger partial charge in [-0.05, 0) is 6.92 Å². The smallest absolute Gasteiger partial charge is 0.265 e. The predicted octanol–water partition coefficient (Wildman–Crippen LogP) is -0.102. The molecule has 0 saturated heterocycles. The molecule has 0 spiro atoms. The lowest BCUT2D eigenvalue weighted by molar-refractivity contribution is 0.293. The Bertz CT molecular complexity index is 234. The van der Waals surface area contributed by atoms with E-state index in [2.05, 4.69) is 9.50 Å². The first-order valence-corrected chi connectivity index (χ1v) is 5.19. The first kappa shape index (κ1) is 10.8. The Morgan fingerprint density at radius 1 is 1.64 bits per heavy atom. The van der Waals surface area contributed by atoms with Crippen LogP contribution < -0.4 is 5.32 Å². The summed E-state index contributed by atoms with van der Waals surface area (Å²) in [6.45, 7) is 1.57. The van der Waals surface area contributed by atoms with Crippen LogP contribution in [0.3, 0.4) is 0 Å². The Balaban J connectivity index is 4.09. The number of hydrogen-bond acceptors (Lipinski definition) is 4. The minimum absolute atomic E-state index is 0.371. The summed E-state index contributed by atoms with van der Waals surface area (Å²) in [6.07, 6.45) is 0.395. The lowest BCUT2D eigenvalue weighted by Crippen LogP contribution is -2.31. The van der Waals surface area contributed by atoms with E-state index in [1.807, 2.05) is 0 Å². The van der Waals surface area contributed by atoms with Crippen LogP contribution in [0, 0.1) is 0 Å². The Kier molecular flexibility index (Phi) is 3.91. The molecule has 0 aromatic rings. The van der Waals surface area contributed by atoms with E-state index in [1.165, 1.54) is 0 Å². The van der Waals surface area contributed by atoms with Crippen LogP contribution in [0.15, 0.2) is 0 Å². The van der Waals surface area contributed by atoms with E-state index >= 15 is 0 Å². The average molecular weight is 197 g/mol. The molecule has 4 nitrogen and oxygen atoms in total. The summed E-state index contributed by atoms with van der Waals surface area (Å²) in [7, 11) is -1.79. The van der Waals surface area contributed by atoms with E-state index in [9.17, 15) is 8.42 Å². The lowest BCUT2D eigenvalue weighted by Gasteiger charge is -2.10. The SMILES string of the molecule is CNC(=S)C(C)OS(C)(=O)=O. The molecule has 0 heterocycles. The highest BCUT2D eigenvalue weighted by Gasteiger charge is 2.13. The van der Waals surface area contributed by atoms with Crippen LogP contribution in [-0.4, -0.2) is 32.8 Å². The second kappa shape index (κ2) is 3.99. The van der Waals surface area contributed by atoms with Gasteiger partial charge in [0.25, 0.3) is 10.1 Å². The molecule has 0 bridgehead atoms. The number of hydrogen-bond donors (Lipinski definition) is 1. The highest BCUT2D eigenvalue weighted by molar-refractivity contribution is 7.86. The Morgan fingerprint density at radius 3 is 2.36 bits per heavy atom. The quantitative estimate of drug-likeness (QED) is 0.506. The van der Waals surface area contributed by atoms with Crippen molar-refractivity contribution in [2.75, 3.05) is 13.3 Å². The maximum atomic E-state index is 10.6. The summed E-state index contributed by atoms with van der Waals surface area (Å²) < 4.78 is 25.7. The van der Waals surface area contributed by atoms with E-state index in [4.69, 9.17) is 12.2 Å². The van der Waals surface area contributed by atoms with Crippen molar-refractivity contribution in [1.29, 1.82) is 0 Å². The van der Waals surface area contributed by atoms with Gasteiger partial charge in [-0.2, -0.15) is 8.42 Å². The van der Waals surface area contributed by atoms with Crippen molar-refractivity contribution in [2.45, 2.75) is 13.0 Å². The van der Waals surface area contributed by atoms with Crippen molar-refractivity contribution in [3.05, 3.63) is 0 Å². The molecule has 0 aliphatic heterocycles. The van der Waals surface area contributed by atoms with Crippen LogP contribution in [0.4, 0.5) is 0 Å². The minimum Gasteiger partial charge on any atom is -0.381 e. The molecule has 0 fully saturated rings. The van der Waals surface area contributed by atoms with E-state index < -0.39 is 16.2 Å². The fraction of sp³-hybridized carbons (Fsp3) is 0.800. The number of thiocarbonyl (C=S) groups is 1. The number of likely N-dealkylation sites (N-methyl/N-ethyl adjacent to an activating group) is 1. The van der Waals surface area contributed by atoms with Crippen molar-refractivity contribution >= 4 is 27.3 Å². The first-order chi connectivity index (χ1) is 4.87. The number of nitrogens with one attached hydrogen (secondary N) is 1. The molecular weight excluding hydrogens is 186 g/mol. The van der Waals surface area contributed by atoms with Crippen LogP contribution in [-0.2, 0) is 14.3 Å². The molecule has 11 heavy (non-hydrogen) atoms. The molecule has 0 saturated carbocycles. The first-order valence-electron chi connectivity index (χ1n) is 2.96. The van der Waals surface area contributed by atoms with Crippen molar-refractivity contribution in [3.8, 4) is 0 Å². The molecule has 0 aliphatic carbocycles. The van der Waals surface area contributed by atoms with Gasteiger partial charge in [0.05, 0.1) is 6.26 Å². The highest BCUT2D eigenvalue weighted by atomic mass is 32.2. The lowest BCUT2D eigenvalue weighted by atomic mass is 10.4. The van der Waals surface area contributed by atoms with Gasteiger partial charge >= 0.3 is 0 Å². The zero-order valence-corrected chi connectivity index (χ0v) is 8.25. The molecule has 1 N–H and O–H groups in total. The van der Waals surface area contributed by atoms with Gasteiger partial charge in [0.2, 0.25) is 0 Å². The zero-order chi connectivity index (χ0) is 9.07. The largest absolute Gasteiger partial charge is 0.381 e. The van der Waals surface area contributed by atoms with Gasteiger partial charge in [-0.25, -0.2) is 0 Å². The maximum absolute atomic E-state index is 10.6. The molecule has 0 radical (unpaired) electrons. The second-order valence-corrected chi connectivity index (χ2v) is 4.10. The average Bonchev–Trinajstić information content (AvgIpc) is 1.82. The predicted molar refractivity (Wildman–Crippen MR) is 47.0 cm³/mol. The highest BCUT2D eigenvalue weighted by Crippen LogP contribution is 1.97. The van der Waals surface area contributed by atoms with Crippen LogP contribution in [0.25, 0.3) is 0 Å². The van der Waals surface area contributed by atoms with Gasteiger partial charge in [-0.1, -0.05) is 12.2 Å². The number of rotatable bonds is 3. The molecule has 1 unspecified atom stereocenters. The Hall–Kier alpha value is -0.200. The third kappa shape index (κ3) is 5.11. The molecule has 0 aromatic carbocycles. The fourth-order valence-electron chi connectivity index (χ4n) is 0.509. The van der Waals surface area contributed by atoms with E-state index in [0.717, 1.165) is 6.26 Å². The summed E-state index contributed by atoms with van der Waals surface area (Å²) >= 11 is 4.75. The summed E-state index contributed by atoms with van der Waals surface area (Å²) in [4.78, 5) is 0.371.